The second-order valence-corrected chi connectivity index (χ2v) is 12.7. The molecule has 36 heavy (non-hydrogen) atoms. The zero-order valence-corrected chi connectivity index (χ0v) is 25.6. The summed E-state index contributed by atoms with van der Waals surface area (Å²) in [5.74, 6) is 2.36. The minimum Gasteiger partial charge on any atom is -1.00 e. The van der Waals surface area contributed by atoms with Crippen molar-refractivity contribution in [1.29, 1.82) is 0 Å². The Kier molecular flexibility index (Phi) is 10.0. The number of hydrogen-bond acceptors (Lipinski definition) is 4. The first kappa shape index (κ1) is 29.9. The number of halogens is 1. The predicted molar refractivity (Wildman–Crippen MR) is 139 cm³/mol. The quantitative estimate of drug-likeness (QED) is 0.129. The lowest BCUT2D eigenvalue weighted by Crippen LogP contribution is -3.00. The van der Waals surface area contributed by atoms with Crippen LogP contribution in [0.25, 0.3) is 0 Å². The molecule has 0 aromatic heterocycles. The molecule has 6 heteroatoms. The molecule has 0 amide bonds. The van der Waals surface area contributed by atoms with E-state index in [1.165, 1.54) is 5.57 Å². The Morgan fingerprint density at radius 3 is 2.22 bits per heavy atom. The summed E-state index contributed by atoms with van der Waals surface area (Å²) in [5, 5.41) is 0. The number of rotatable bonds is 9. The topological polar surface area (TPSA) is 52.6 Å². The zero-order chi connectivity index (χ0) is 25.3. The van der Waals surface area contributed by atoms with E-state index in [1.54, 1.807) is 0 Å². The van der Waals surface area contributed by atoms with Gasteiger partial charge in [0.2, 0.25) is 6.73 Å². The Morgan fingerprint density at radius 2 is 1.58 bits per heavy atom. The van der Waals surface area contributed by atoms with Crippen LogP contribution < -0.4 is 24.0 Å². The Morgan fingerprint density at radius 1 is 0.972 bits per heavy atom. The second kappa shape index (κ2) is 12.0. The molecule has 0 spiro atoms. The Labute approximate surface area is 236 Å². The van der Waals surface area contributed by atoms with E-state index in [2.05, 4.69) is 40.7 Å². The van der Waals surface area contributed by atoms with Gasteiger partial charge >= 0.3 is 6.16 Å². The molecule has 4 aliphatic rings. The summed E-state index contributed by atoms with van der Waals surface area (Å²) in [4.78, 5) is 25.4. The molecular weight excluding hydrogens is 565 g/mol. The molecule has 0 heterocycles. The van der Waals surface area contributed by atoms with E-state index in [4.69, 9.17) is 9.47 Å². The van der Waals surface area contributed by atoms with Crippen molar-refractivity contribution in [3.63, 3.8) is 0 Å². The van der Waals surface area contributed by atoms with Crippen molar-refractivity contribution in [1.82, 2.24) is 0 Å². The van der Waals surface area contributed by atoms with Crippen LogP contribution in [0.1, 0.15) is 105 Å². The first-order valence-corrected chi connectivity index (χ1v) is 14.6. The monoisotopic (exact) mass is 615 g/mol. The van der Waals surface area contributed by atoms with Crippen molar-refractivity contribution >= 4 is 11.9 Å². The highest BCUT2D eigenvalue weighted by atomic mass is 127. The smallest absolute Gasteiger partial charge is 0.512 e. The number of ketones is 1. The molecule has 206 valence electrons. The summed E-state index contributed by atoms with van der Waals surface area (Å²) in [6, 6.07) is 0. The highest BCUT2D eigenvalue weighted by Gasteiger charge is 2.58. The van der Waals surface area contributed by atoms with Gasteiger partial charge in [-0.25, -0.2) is 4.79 Å². The van der Waals surface area contributed by atoms with Gasteiger partial charge in [0.05, 0.1) is 19.6 Å². The highest BCUT2D eigenvalue weighted by Crippen LogP contribution is 2.64. The van der Waals surface area contributed by atoms with E-state index in [-0.39, 0.29) is 40.9 Å². The van der Waals surface area contributed by atoms with E-state index >= 15 is 0 Å². The molecule has 3 saturated carbocycles. The van der Waals surface area contributed by atoms with Crippen LogP contribution in [-0.2, 0) is 14.3 Å². The maximum atomic E-state index is 12.7. The van der Waals surface area contributed by atoms with Gasteiger partial charge in [-0.3, -0.25) is 9.28 Å². The van der Waals surface area contributed by atoms with Crippen molar-refractivity contribution in [2.45, 2.75) is 111 Å². The molecule has 0 unspecified atom stereocenters. The molecule has 0 bridgehead atoms. The first-order valence-electron chi connectivity index (χ1n) is 14.6. The fourth-order valence-corrected chi connectivity index (χ4v) is 8.81. The number of ether oxygens (including phenoxy) is 2. The van der Waals surface area contributed by atoms with E-state index in [0.717, 1.165) is 94.7 Å². The Balaban J connectivity index is 0.00000361. The number of Topliss-reactive ketones (excluding diaryl/α,β-unsaturated/α-hetero) is 1. The average molecular weight is 616 g/mol. The normalized spacial score (nSPS) is 35.6. The van der Waals surface area contributed by atoms with Crippen LogP contribution in [0.4, 0.5) is 4.79 Å². The number of carbonyl (C=O) groups excluding carboxylic acids is 2. The number of hydrogen-bond donors (Lipinski definition) is 0. The third-order valence-electron chi connectivity index (χ3n) is 10.6. The van der Waals surface area contributed by atoms with Crippen LogP contribution in [-0.4, -0.2) is 48.9 Å². The number of nitrogens with zero attached hydrogens (tertiary/aromatic N) is 1. The van der Waals surface area contributed by atoms with Crippen LogP contribution >= 0.6 is 0 Å². The maximum absolute atomic E-state index is 12.7. The lowest BCUT2D eigenvalue weighted by molar-refractivity contribution is -0.943. The molecule has 4 rings (SSSR count). The summed E-state index contributed by atoms with van der Waals surface area (Å²) in [5.41, 5.74) is 1.60. The molecule has 4 aliphatic carbocycles. The van der Waals surface area contributed by atoms with Gasteiger partial charge in [0.25, 0.3) is 0 Å². The molecule has 0 saturated heterocycles. The Bertz CT molecular complexity index is 811. The van der Waals surface area contributed by atoms with E-state index in [9.17, 15) is 9.59 Å². The summed E-state index contributed by atoms with van der Waals surface area (Å²) in [6.07, 6.45) is 13.1. The average Bonchev–Trinajstić information content (AvgIpc) is 3.13. The van der Waals surface area contributed by atoms with Crippen LogP contribution in [0.2, 0.25) is 0 Å². The van der Waals surface area contributed by atoms with Gasteiger partial charge in [0.1, 0.15) is 11.9 Å². The van der Waals surface area contributed by atoms with Gasteiger partial charge in [-0.15, -0.1) is 0 Å². The van der Waals surface area contributed by atoms with Crippen molar-refractivity contribution in [2.75, 3.05) is 26.4 Å². The molecule has 0 radical (unpaired) electrons. The summed E-state index contributed by atoms with van der Waals surface area (Å²) >= 11 is 0. The van der Waals surface area contributed by atoms with Crippen LogP contribution in [0.5, 0.6) is 0 Å². The van der Waals surface area contributed by atoms with Crippen molar-refractivity contribution in [3.05, 3.63) is 11.6 Å². The molecule has 0 aromatic carbocycles. The zero-order valence-electron chi connectivity index (χ0n) is 23.5. The van der Waals surface area contributed by atoms with Gasteiger partial charge in [-0.2, -0.15) is 0 Å². The molecule has 3 fully saturated rings. The molecule has 0 aromatic rings. The van der Waals surface area contributed by atoms with E-state index in [1.807, 2.05) is 0 Å². The molecule has 0 aliphatic heterocycles. The maximum Gasteiger partial charge on any atom is 0.512 e. The van der Waals surface area contributed by atoms with Gasteiger partial charge in [0, 0.05) is 18.3 Å². The minimum absolute atomic E-state index is 0. The Hall–Kier alpha value is -0.630. The molecule has 5 nitrogen and oxygen atoms in total. The third-order valence-corrected chi connectivity index (χ3v) is 10.6. The minimum atomic E-state index is -0.489. The third kappa shape index (κ3) is 5.55. The van der Waals surface area contributed by atoms with Gasteiger partial charge in [0.15, 0.2) is 0 Å². The lowest BCUT2D eigenvalue weighted by Gasteiger charge is -2.56. The highest BCUT2D eigenvalue weighted by molar-refractivity contribution is 5.87. The van der Waals surface area contributed by atoms with Crippen molar-refractivity contribution in [2.24, 2.45) is 28.6 Å². The second-order valence-electron chi connectivity index (χ2n) is 12.7. The number of carbonyl (C=O) groups is 2. The fourth-order valence-electron chi connectivity index (χ4n) is 8.81. The molecular formula is C30H50INO4. The SMILES string of the molecule is CCC[N+](CCC)(CCC)COC(=O)O[C@H]1CC[C@@]2(C)C(=CC[C@@H]3[C@@H]2CC[C@]2(C)C(=O)CC[C@@H]32)C1.[I-]. The van der Waals surface area contributed by atoms with Crippen LogP contribution in [0, 0.1) is 28.6 Å². The molecule has 0 N–H and O–H groups in total. The number of quaternary nitrogens is 1. The van der Waals surface area contributed by atoms with Gasteiger partial charge in [-0.1, -0.05) is 46.3 Å². The molecule has 6 atom stereocenters. The largest absolute Gasteiger partial charge is 1.00 e. The predicted octanol–water partition coefficient (Wildman–Crippen LogP) is 4.05. The van der Waals surface area contributed by atoms with E-state index < -0.39 is 6.16 Å². The van der Waals surface area contributed by atoms with Gasteiger partial charge < -0.3 is 33.5 Å². The summed E-state index contributed by atoms with van der Waals surface area (Å²) < 4.78 is 12.5. The number of fused-ring (bicyclic) bond motifs is 5. The summed E-state index contributed by atoms with van der Waals surface area (Å²) in [6.45, 7) is 14.9. The number of allylic oxidation sites excluding steroid dienone is 1. The van der Waals surface area contributed by atoms with E-state index in [0.29, 0.717) is 30.3 Å². The standard InChI is InChI=1S/C30H50NO4.HI/c1-6-17-31(18-7-2,19-8-3)21-34-28(33)35-23-13-15-29(4)22(20-23)9-10-24-25-11-12-27(32)30(25,5)16-14-26(24)29;/h9,23-26H,6-8,10-21H2,1-5H3;1H/q+1;/p-1/t23-,24-,25-,26-,29-,30-;/m0./s1. The summed E-state index contributed by atoms with van der Waals surface area (Å²) in [7, 11) is 0. The first-order chi connectivity index (χ1) is 16.7. The fraction of sp³-hybridized carbons (Fsp3) is 0.867. The lowest BCUT2D eigenvalue weighted by atomic mass is 9.48. The van der Waals surface area contributed by atoms with Gasteiger partial charge in [-0.05, 0) is 81.0 Å². The van der Waals surface area contributed by atoms with Crippen molar-refractivity contribution < 1.29 is 47.5 Å². The van der Waals surface area contributed by atoms with Crippen LogP contribution in [0.3, 0.4) is 0 Å². The van der Waals surface area contributed by atoms with Crippen molar-refractivity contribution in [3.8, 4) is 0 Å². The van der Waals surface area contributed by atoms with Crippen LogP contribution in [0.15, 0.2) is 11.6 Å².